The number of hydrazone groups is 1. The van der Waals surface area contributed by atoms with Gasteiger partial charge in [0.15, 0.2) is 5.60 Å². The fourth-order valence-electron chi connectivity index (χ4n) is 2.69. The Balaban J connectivity index is 1.94. The van der Waals surface area contributed by atoms with Gasteiger partial charge in [0.1, 0.15) is 0 Å². The molecule has 0 atom stereocenters. The molecule has 3 rings (SSSR count). The lowest BCUT2D eigenvalue weighted by molar-refractivity contribution is -0.136. The molecule has 3 aromatic rings. The molecule has 0 saturated heterocycles. The van der Waals surface area contributed by atoms with Gasteiger partial charge in [0.05, 0.1) is 10.6 Å². The minimum atomic E-state index is -1.82. The molecule has 1 amide bonds. The molecule has 1 heterocycles. The maximum atomic E-state index is 12.9. The molecule has 4 nitrogen and oxygen atoms in total. The molecule has 26 heavy (non-hydrogen) atoms. The van der Waals surface area contributed by atoms with Gasteiger partial charge in [-0.3, -0.25) is 4.79 Å². The van der Waals surface area contributed by atoms with E-state index in [4.69, 9.17) is 0 Å². The number of carbonyl (C=O) groups is 1. The van der Waals surface area contributed by atoms with Crippen LogP contribution < -0.4 is 5.43 Å². The number of carbonyl (C=O) groups excluding carboxylic acids is 1. The Labute approximate surface area is 156 Å². The number of nitrogens with one attached hydrogen (secondary N) is 1. The van der Waals surface area contributed by atoms with Crippen molar-refractivity contribution in [2.45, 2.75) is 19.4 Å². The summed E-state index contributed by atoms with van der Waals surface area (Å²) < 4.78 is 0. The lowest BCUT2D eigenvalue weighted by atomic mass is 9.85. The Hall–Kier alpha value is -2.76. The first-order valence-electron chi connectivity index (χ1n) is 8.27. The van der Waals surface area contributed by atoms with Crippen LogP contribution in [-0.4, -0.2) is 16.7 Å². The van der Waals surface area contributed by atoms with Crippen LogP contribution in [0, 0.1) is 6.92 Å². The third-order valence-electron chi connectivity index (χ3n) is 4.13. The number of aryl methyl sites for hydroxylation is 1. The van der Waals surface area contributed by atoms with E-state index in [2.05, 4.69) is 10.5 Å². The van der Waals surface area contributed by atoms with Crippen LogP contribution in [0.1, 0.15) is 27.8 Å². The molecule has 0 aliphatic rings. The van der Waals surface area contributed by atoms with E-state index < -0.39 is 11.5 Å². The van der Waals surface area contributed by atoms with Gasteiger partial charge in [-0.15, -0.1) is 11.3 Å². The van der Waals surface area contributed by atoms with Crippen molar-refractivity contribution in [3.63, 3.8) is 0 Å². The first kappa shape index (κ1) is 18.0. The third kappa shape index (κ3) is 3.59. The first-order chi connectivity index (χ1) is 12.5. The quantitative estimate of drug-likeness (QED) is 0.534. The predicted molar refractivity (Wildman–Crippen MR) is 105 cm³/mol. The zero-order chi connectivity index (χ0) is 18.6. The number of hydrogen-bond acceptors (Lipinski definition) is 4. The minimum absolute atomic E-state index is 0.489. The van der Waals surface area contributed by atoms with E-state index in [1.54, 1.807) is 59.9 Å². The topological polar surface area (TPSA) is 61.7 Å². The van der Waals surface area contributed by atoms with Gasteiger partial charge in [-0.1, -0.05) is 60.7 Å². The molecular formula is C21H20N2O2S. The van der Waals surface area contributed by atoms with E-state index in [9.17, 15) is 9.90 Å². The molecule has 0 aliphatic heterocycles. The van der Waals surface area contributed by atoms with Crippen LogP contribution in [-0.2, 0) is 10.4 Å². The molecule has 1 aromatic heterocycles. The van der Waals surface area contributed by atoms with Gasteiger partial charge >= 0.3 is 0 Å². The largest absolute Gasteiger partial charge is 0.372 e. The number of hydrogen-bond donors (Lipinski definition) is 2. The maximum absolute atomic E-state index is 12.9. The highest BCUT2D eigenvalue weighted by Gasteiger charge is 2.39. The molecule has 0 spiro atoms. The summed E-state index contributed by atoms with van der Waals surface area (Å²) in [6.07, 6.45) is 0. The third-order valence-corrected chi connectivity index (χ3v) is 5.24. The Morgan fingerprint density at radius 2 is 1.50 bits per heavy atom. The highest BCUT2D eigenvalue weighted by Crippen LogP contribution is 2.29. The van der Waals surface area contributed by atoms with Crippen molar-refractivity contribution in [3.05, 3.63) is 93.7 Å². The monoisotopic (exact) mass is 364 g/mol. The van der Waals surface area contributed by atoms with E-state index in [1.807, 2.05) is 38.1 Å². The molecule has 0 fully saturated rings. The second-order valence-electron chi connectivity index (χ2n) is 5.99. The van der Waals surface area contributed by atoms with Crippen LogP contribution >= 0.6 is 11.3 Å². The second-order valence-corrected chi connectivity index (χ2v) is 7.28. The van der Waals surface area contributed by atoms with E-state index in [0.717, 1.165) is 4.88 Å². The molecular weight excluding hydrogens is 344 g/mol. The van der Waals surface area contributed by atoms with Gasteiger partial charge in [-0.2, -0.15) is 5.10 Å². The lowest BCUT2D eigenvalue weighted by Gasteiger charge is -2.27. The number of aliphatic hydroxyl groups is 1. The fourth-order valence-corrected chi connectivity index (χ4v) is 3.50. The highest BCUT2D eigenvalue weighted by molar-refractivity contribution is 7.14. The van der Waals surface area contributed by atoms with E-state index in [1.165, 1.54) is 4.88 Å². The molecule has 0 radical (unpaired) electrons. The summed E-state index contributed by atoms with van der Waals surface area (Å²) in [5.41, 5.74) is 2.38. The van der Waals surface area contributed by atoms with Gasteiger partial charge in [0.2, 0.25) is 0 Å². The molecule has 2 aromatic carbocycles. The number of thiophene rings is 1. The summed E-state index contributed by atoms with van der Waals surface area (Å²) in [6.45, 7) is 3.85. The molecule has 0 bridgehead atoms. The average Bonchev–Trinajstić information content (AvgIpc) is 3.13. The van der Waals surface area contributed by atoms with Crippen molar-refractivity contribution in [3.8, 4) is 0 Å². The normalized spacial score (nSPS) is 12.0. The van der Waals surface area contributed by atoms with E-state index >= 15 is 0 Å². The summed E-state index contributed by atoms with van der Waals surface area (Å²) in [5, 5.41) is 15.5. The van der Waals surface area contributed by atoms with E-state index in [0.29, 0.717) is 16.8 Å². The van der Waals surface area contributed by atoms with Gasteiger partial charge in [0.25, 0.3) is 5.91 Å². The van der Waals surface area contributed by atoms with Crippen LogP contribution in [0.15, 0.2) is 77.9 Å². The Bertz CT molecular complexity index is 878. The minimum Gasteiger partial charge on any atom is -0.372 e. The molecule has 0 saturated carbocycles. The Morgan fingerprint density at radius 3 is 1.96 bits per heavy atom. The second kappa shape index (κ2) is 7.64. The summed E-state index contributed by atoms with van der Waals surface area (Å²) in [7, 11) is 0. The summed E-state index contributed by atoms with van der Waals surface area (Å²) in [6, 6.07) is 21.7. The molecule has 0 aliphatic carbocycles. The zero-order valence-corrected chi connectivity index (χ0v) is 15.5. The Morgan fingerprint density at radius 1 is 0.962 bits per heavy atom. The number of rotatable bonds is 5. The van der Waals surface area contributed by atoms with Crippen LogP contribution in [0.4, 0.5) is 0 Å². The standard InChI is InChI=1S/C21H20N2O2S/c1-15-13-14-19(26-15)16(2)22-23-20(24)21(25,17-9-5-3-6-10-17)18-11-7-4-8-12-18/h3-14,25H,1-2H3,(H,23,24)/b22-16-. The first-order valence-corrected chi connectivity index (χ1v) is 9.08. The number of amides is 1. The van der Waals surface area contributed by atoms with Gasteiger partial charge < -0.3 is 5.11 Å². The van der Waals surface area contributed by atoms with Crippen LogP contribution in [0.5, 0.6) is 0 Å². The van der Waals surface area contributed by atoms with Gasteiger partial charge in [0, 0.05) is 4.88 Å². The molecule has 0 unspecified atom stereocenters. The summed E-state index contributed by atoms with van der Waals surface area (Å²) in [4.78, 5) is 15.1. The maximum Gasteiger partial charge on any atom is 0.281 e. The smallest absolute Gasteiger partial charge is 0.281 e. The zero-order valence-electron chi connectivity index (χ0n) is 14.6. The highest BCUT2D eigenvalue weighted by atomic mass is 32.1. The van der Waals surface area contributed by atoms with E-state index in [-0.39, 0.29) is 0 Å². The van der Waals surface area contributed by atoms with Crippen molar-refractivity contribution < 1.29 is 9.90 Å². The van der Waals surface area contributed by atoms with Gasteiger partial charge in [-0.25, -0.2) is 5.43 Å². The van der Waals surface area contributed by atoms with Crippen LogP contribution in [0.25, 0.3) is 0 Å². The van der Waals surface area contributed by atoms with Crippen LogP contribution in [0.2, 0.25) is 0 Å². The Kier molecular flexibility index (Phi) is 5.30. The SMILES string of the molecule is C/C(=N/NC(=O)C(O)(c1ccccc1)c1ccccc1)c1ccc(C)s1. The molecule has 5 heteroatoms. The van der Waals surface area contributed by atoms with Crippen LogP contribution in [0.3, 0.4) is 0 Å². The van der Waals surface area contributed by atoms with Gasteiger partial charge in [-0.05, 0) is 37.1 Å². The van der Waals surface area contributed by atoms with Crippen molar-refractivity contribution in [2.24, 2.45) is 5.10 Å². The van der Waals surface area contributed by atoms with Crippen molar-refractivity contribution in [2.75, 3.05) is 0 Å². The van der Waals surface area contributed by atoms with Crippen molar-refractivity contribution in [1.29, 1.82) is 0 Å². The predicted octanol–water partition coefficient (Wildman–Crippen LogP) is 3.83. The number of nitrogens with zero attached hydrogens (tertiary/aromatic N) is 1. The fraction of sp³-hybridized carbons (Fsp3) is 0.143. The lowest BCUT2D eigenvalue weighted by Crippen LogP contribution is -2.43. The summed E-state index contributed by atoms with van der Waals surface area (Å²) in [5.74, 6) is -0.595. The molecule has 132 valence electrons. The number of benzene rings is 2. The average molecular weight is 364 g/mol. The van der Waals surface area contributed by atoms with Crippen molar-refractivity contribution in [1.82, 2.24) is 5.43 Å². The molecule has 2 N–H and O–H groups in total. The summed E-state index contributed by atoms with van der Waals surface area (Å²) >= 11 is 1.60. The van der Waals surface area contributed by atoms with Crippen molar-refractivity contribution >= 4 is 23.0 Å².